The minimum Gasteiger partial charge on any atom is -0.313 e. The van der Waals surface area contributed by atoms with E-state index in [0.717, 1.165) is 12.1 Å². The normalized spacial score (nSPS) is 27.8. The summed E-state index contributed by atoms with van der Waals surface area (Å²) < 4.78 is 14.1. The highest BCUT2D eigenvalue weighted by Crippen LogP contribution is 2.31. The van der Waals surface area contributed by atoms with Crippen LogP contribution in [0.15, 0.2) is 24.3 Å². The van der Waals surface area contributed by atoms with Crippen LogP contribution in [0.4, 0.5) is 4.39 Å². The molecular weight excluding hydrogens is 165 g/mol. The first-order chi connectivity index (χ1) is 6.21. The molecule has 1 heterocycles. The molecule has 1 N–H and O–H groups in total. The topological polar surface area (TPSA) is 12.0 Å². The fourth-order valence-corrected chi connectivity index (χ4v) is 1.76. The number of halogens is 1. The lowest BCUT2D eigenvalue weighted by Crippen LogP contribution is -2.23. The zero-order chi connectivity index (χ0) is 9.31. The third-order valence-corrected chi connectivity index (χ3v) is 2.67. The van der Waals surface area contributed by atoms with Gasteiger partial charge in [0.25, 0.3) is 0 Å². The molecule has 1 nitrogen and oxygen atoms in total. The number of hydrogen-bond donors (Lipinski definition) is 1. The number of nitrogens with one attached hydrogen (secondary N) is 1. The molecule has 2 rings (SSSR count). The van der Waals surface area contributed by atoms with E-state index in [2.05, 4.69) is 5.32 Å². The summed E-state index contributed by atoms with van der Waals surface area (Å²) in [6.45, 7) is 3.25. The number of aryl methyl sites for hydroxylation is 1. The summed E-state index contributed by atoms with van der Waals surface area (Å²) in [4.78, 5) is 0. The molecule has 1 unspecified atom stereocenters. The predicted octanol–water partition coefficient (Wildman–Crippen LogP) is 2.15. The van der Waals surface area contributed by atoms with E-state index < -0.39 is 5.67 Å². The van der Waals surface area contributed by atoms with Crippen LogP contribution in [0.5, 0.6) is 0 Å². The van der Waals surface area contributed by atoms with Gasteiger partial charge in [-0.15, -0.1) is 0 Å². The molecule has 2 heteroatoms. The third kappa shape index (κ3) is 1.59. The van der Waals surface area contributed by atoms with E-state index in [9.17, 15) is 4.39 Å². The van der Waals surface area contributed by atoms with Gasteiger partial charge >= 0.3 is 0 Å². The second kappa shape index (κ2) is 3.11. The molecule has 1 saturated heterocycles. The average Bonchev–Trinajstić information content (AvgIpc) is 2.54. The molecule has 0 aliphatic carbocycles. The maximum atomic E-state index is 14.1. The van der Waals surface area contributed by atoms with Gasteiger partial charge < -0.3 is 5.32 Å². The van der Waals surface area contributed by atoms with Gasteiger partial charge in [0, 0.05) is 6.54 Å². The van der Waals surface area contributed by atoms with Gasteiger partial charge in [-0.05, 0) is 25.5 Å². The largest absolute Gasteiger partial charge is 0.313 e. The maximum absolute atomic E-state index is 14.1. The van der Waals surface area contributed by atoms with Gasteiger partial charge in [0.1, 0.15) is 5.67 Å². The third-order valence-electron chi connectivity index (χ3n) is 2.67. The van der Waals surface area contributed by atoms with Crippen molar-refractivity contribution in [2.75, 3.05) is 13.1 Å². The molecular formula is C11H14FN. The predicted molar refractivity (Wildman–Crippen MR) is 51.5 cm³/mol. The Hall–Kier alpha value is -0.890. The fourth-order valence-electron chi connectivity index (χ4n) is 1.76. The lowest BCUT2D eigenvalue weighted by molar-refractivity contribution is 0.193. The van der Waals surface area contributed by atoms with Crippen LogP contribution >= 0.6 is 0 Å². The lowest BCUT2D eigenvalue weighted by atomic mass is 9.94. The first-order valence-corrected chi connectivity index (χ1v) is 4.67. The van der Waals surface area contributed by atoms with E-state index in [0.29, 0.717) is 13.0 Å². The molecule has 1 aromatic carbocycles. The van der Waals surface area contributed by atoms with Crippen molar-refractivity contribution in [1.29, 1.82) is 0 Å². The highest BCUT2D eigenvalue weighted by atomic mass is 19.1. The van der Waals surface area contributed by atoms with E-state index in [4.69, 9.17) is 0 Å². The molecule has 1 aliphatic rings. The fraction of sp³-hybridized carbons (Fsp3) is 0.455. The monoisotopic (exact) mass is 179 g/mol. The van der Waals surface area contributed by atoms with E-state index >= 15 is 0 Å². The van der Waals surface area contributed by atoms with E-state index in [1.165, 1.54) is 5.56 Å². The van der Waals surface area contributed by atoms with Crippen LogP contribution in [0.2, 0.25) is 0 Å². The lowest BCUT2D eigenvalue weighted by Gasteiger charge is -2.18. The number of benzene rings is 1. The molecule has 1 aromatic rings. The molecule has 1 fully saturated rings. The standard InChI is InChI=1S/C11H14FN/c1-9-2-4-10(5-3-9)11(12)6-7-13-8-11/h2-5,13H,6-8H2,1H3. The van der Waals surface area contributed by atoms with Crippen LogP contribution in [-0.4, -0.2) is 13.1 Å². The molecule has 0 saturated carbocycles. The second-order valence-corrected chi connectivity index (χ2v) is 3.76. The zero-order valence-electron chi connectivity index (χ0n) is 7.81. The Balaban J connectivity index is 2.29. The van der Waals surface area contributed by atoms with Gasteiger partial charge in [-0.3, -0.25) is 0 Å². The minimum absolute atomic E-state index is 0.454. The van der Waals surface area contributed by atoms with Gasteiger partial charge in [0.15, 0.2) is 0 Å². The van der Waals surface area contributed by atoms with Crippen LogP contribution in [0.1, 0.15) is 17.5 Å². The van der Waals surface area contributed by atoms with Crippen molar-refractivity contribution < 1.29 is 4.39 Å². The van der Waals surface area contributed by atoms with Gasteiger partial charge in [-0.2, -0.15) is 0 Å². The molecule has 13 heavy (non-hydrogen) atoms. The van der Waals surface area contributed by atoms with Gasteiger partial charge in [-0.1, -0.05) is 29.8 Å². The maximum Gasteiger partial charge on any atom is 0.149 e. The van der Waals surface area contributed by atoms with Crippen LogP contribution in [0, 0.1) is 6.92 Å². The molecule has 0 amide bonds. The SMILES string of the molecule is Cc1ccc(C2(F)CCNC2)cc1. The Bertz CT molecular complexity index is 285. The van der Waals surface area contributed by atoms with Crippen LogP contribution in [-0.2, 0) is 5.67 Å². The van der Waals surface area contributed by atoms with Crippen molar-refractivity contribution in [1.82, 2.24) is 5.32 Å². The smallest absolute Gasteiger partial charge is 0.149 e. The number of hydrogen-bond acceptors (Lipinski definition) is 1. The first-order valence-electron chi connectivity index (χ1n) is 4.67. The van der Waals surface area contributed by atoms with Crippen LogP contribution < -0.4 is 5.32 Å². The van der Waals surface area contributed by atoms with Crippen molar-refractivity contribution in [2.24, 2.45) is 0 Å². The number of rotatable bonds is 1. The number of alkyl halides is 1. The van der Waals surface area contributed by atoms with Crippen molar-refractivity contribution in [3.05, 3.63) is 35.4 Å². The highest BCUT2D eigenvalue weighted by Gasteiger charge is 2.35. The average molecular weight is 179 g/mol. The summed E-state index contributed by atoms with van der Waals surface area (Å²) in [5, 5.41) is 3.05. The molecule has 1 atom stereocenters. The molecule has 0 spiro atoms. The van der Waals surface area contributed by atoms with Gasteiger partial charge in [0.2, 0.25) is 0 Å². The van der Waals surface area contributed by atoms with E-state index in [-0.39, 0.29) is 0 Å². The first kappa shape index (κ1) is 8.70. The summed E-state index contributed by atoms with van der Waals surface area (Å²) in [6, 6.07) is 7.72. The summed E-state index contributed by atoms with van der Waals surface area (Å²) in [5.41, 5.74) is 0.856. The molecule has 0 aromatic heterocycles. The van der Waals surface area contributed by atoms with Crippen molar-refractivity contribution in [2.45, 2.75) is 19.0 Å². The Kier molecular flexibility index (Phi) is 2.08. The molecule has 70 valence electrons. The van der Waals surface area contributed by atoms with Crippen molar-refractivity contribution in [3.63, 3.8) is 0 Å². The van der Waals surface area contributed by atoms with Crippen molar-refractivity contribution in [3.8, 4) is 0 Å². The Labute approximate surface area is 78.0 Å². The van der Waals surface area contributed by atoms with E-state index in [1.54, 1.807) is 0 Å². The zero-order valence-corrected chi connectivity index (χ0v) is 7.81. The molecule has 1 aliphatic heterocycles. The summed E-state index contributed by atoms with van der Waals surface area (Å²) >= 11 is 0. The molecule has 0 radical (unpaired) electrons. The summed E-state index contributed by atoms with van der Waals surface area (Å²) in [6.07, 6.45) is 0.593. The van der Waals surface area contributed by atoms with E-state index in [1.807, 2.05) is 31.2 Å². The molecule has 0 bridgehead atoms. The summed E-state index contributed by atoms with van der Waals surface area (Å²) in [5.74, 6) is 0. The second-order valence-electron chi connectivity index (χ2n) is 3.76. The summed E-state index contributed by atoms with van der Waals surface area (Å²) in [7, 11) is 0. The quantitative estimate of drug-likeness (QED) is 0.696. The van der Waals surface area contributed by atoms with Crippen LogP contribution in [0.25, 0.3) is 0 Å². The van der Waals surface area contributed by atoms with Crippen molar-refractivity contribution >= 4 is 0 Å². The Morgan fingerprint density at radius 1 is 1.31 bits per heavy atom. The van der Waals surface area contributed by atoms with Gasteiger partial charge in [0.05, 0.1) is 0 Å². The van der Waals surface area contributed by atoms with Crippen LogP contribution in [0.3, 0.4) is 0 Å². The Morgan fingerprint density at radius 2 is 2.00 bits per heavy atom. The highest BCUT2D eigenvalue weighted by molar-refractivity contribution is 5.27. The van der Waals surface area contributed by atoms with Gasteiger partial charge in [-0.25, -0.2) is 4.39 Å². The Morgan fingerprint density at radius 3 is 2.54 bits per heavy atom. The minimum atomic E-state index is -1.13.